The lowest BCUT2D eigenvalue weighted by molar-refractivity contribution is -0.144. The van der Waals surface area contributed by atoms with E-state index in [9.17, 15) is 14.4 Å². The Kier molecular flexibility index (Phi) is 5.48. The van der Waals surface area contributed by atoms with Crippen LogP contribution in [0.2, 0.25) is 0 Å². The van der Waals surface area contributed by atoms with Crippen molar-refractivity contribution >= 4 is 17.6 Å². The molecule has 2 aliphatic heterocycles. The van der Waals surface area contributed by atoms with Gasteiger partial charge in [-0.1, -0.05) is 30.3 Å². The predicted octanol–water partition coefficient (Wildman–Crippen LogP) is 1.36. The van der Waals surface area contributed by atoms with Crippen molar-refractivity contribution in [3.8, 4) is 0 Å². The zero-order chi connectivity index (χ0) is 17.8. The fraction of sp³-hybridized carbons (Fsp3) is 0.526. The van der Waals surface area contributed by atoms with Crippen molar-refractivity contribution < 1.29 is 19.1 Å². The largest absolute Gasteiger partial charge is 0.377 e. The molecule has 2 amide bonds. The Balaban J connectivity index is 1.67. The van der Waals surface area contributed by atoms with Gasteiger partial charge in [0.2, 0.25) is 11.8 Å². The topological polar surface area (TPSA) is 66.9 Å². The summed E-state index contributed by atoms with van der Waals surface area (Å²) in [6, 6.07) is 8.83. The van der Waals surface area contributed by atoms with Crippen LogP contribution in [0.15, 0.2) is 30.3 Å². The maximum absolute atomic E-state index is 12.9. The number of amides is 2. The fourth-order valence-corrected chi connectivity index (χ4v) is 3.55. The van der Waals surface area contributed by atoms with Crippen molar-refractivity contribution in [2.24, 2.45) is 5.92 Å². The maximum atomic E-state index is 12.9. The quantitative estimate of drug-likeness (QED) is 0.757. The molecule has 1 aromatic rings. The number of nitrogens with zero attached hydrogens (tertiary/aromatic N) is 2. The van der Waals surface area contributed by atoms with Gasteiger partial charge >= 0.3 is 0 Å². The van der Waals surface area contributed by atoms with Crippen LogP contribution in [0.25, 0.3) is 0 Å². The SMILES string of the molecule is CCN1C[C@@H](C(=O)N2CCOC[C@H]2CC(=O)c2ccccc2)CC1=O. The van der Waals surface area contributed by atoms with Crippen LogP contribution in [0.5, 0.6) is 0 Å². The first-order valence-corrected chi connectivity index (χ1v) is 8.84. The number of hydrogen-bond donors (Lipinski definition) is 0. The molecule has 0 saturated carbocycles. The summed E-state index contributed by atoms with van der Waals surface area (Å²) in [6.45, 7) is 4.33. The van der Waals surface area contributed by atoms with Crippen molar-refractivity contribution in [3.63, 3.8) is 0 Å². The molecule has 2 aliphatic rings. The summed E-state index contributed by atoms with van der Waals surface area (Å²) in [5.74, 6) is -0.295. The Morgan fingerprint density at radius 2 is 2.00 bits per heavy atom. The number of morpholine rings is 1. The van der Waals surface area contributed by atoms with Crippen LogP contribution in [0, 0.1) is 5.92 Å². The third-order valence-corrected chi connectivity index (χ3v) is 4.97. The summed E-state index contributed by atoms with van der Waals surface area (Å²) in [7, 11) is 0. The molecule has 0 bridgehead atoms. The average Bonchev–Trinajstić information content (AvgIpc) is 3.03. The van der Waals surface area contributed by atoms with Crippen molar-refractivity contribution in [2.45, 2.75) is 25.8 Å². The molecule has 0 spiro atoms. The highest BCUT2D eigenvalue weighted by Crippen LogP contribution is 2.23. The lowest BCUT2D eigenvalue weighted by atomic mass is 10.00. The summed E-state index contributed by atoms with van der Waals surface area (Å²) in [5, 5.41) is 0. The van der Waals surface area contributed by atoms with Gasteiger partial charge in [-0.15, -0.1) is 0 Å². The van der Waals surface area contributed by atoms with Crippen molar-refractivity contribution in [1.29, 1.82) is 0 Å². The number of likely N-dealkylation sites (tertiary alicyclic amines) is 1. The number of rotatable bonds is 5. The molecule has 0 aromatic heterocycles. The summed E-state index contributed by atoms with van der Waals surface area (Å²) >= 11 is 0. The van der Waals surface area contributed by atoms with Gasteiger partial charge in [-0.2, -0.15) is 0 Å². The number of ether oxygens (including phenoxy) is 1. The first kappa shape index (κ1) is 17.6. The van der Waals surface area contributed by atoms with Crippen molar-refractivity contribution in [1.82, 2.24) is 9.80 Å². The summed E-state index contributed by atoms with van der Waals surface area (Å²) in [4.78, 5) is 40.8. The molecule has 6 heteroatoms. The van der Waals surface area contributed by atoms with Crippen LogP contribution < -0.4 is 0 Å². The van der Waals surface area contributed by atoms with Gasteiger partial charge in [0.05, 0.1) is 25.2 Å². The molecular weight excluding hydrogens is 320 g/mol. The van der Waals surface area contributed by atoms with Crippen molar-refractivity contribution in [3.05, 3.63) is 35.9 Å². The number of carbonyl (C=O) groups excluding carboxylic acids is 3. The van der Waals surface area contributed by atoms with Gasteiger partial charge in [-0.3, -0.25) is 14.4 Å². The monoisotopic (exact) mass is 344 g/mol. The Labute approximate surface area is 147 Å². The molecule has 2 fully saturated rings. The van der Waals surface area contributed by atoms with E-state index in [1.807, 2.05) is 25.1 Å². The molecule has 25 heavy (non-hydrogen) atoms. The van der Waals surface area contributed by atoms with E-state index >= 15 is 0 Å². The third-order valence-electron chi connectivity index (χ3n) is 4.97. The minimum atomic E-state index is -0.306. The average molecular weight is 344 g/mol. The Morgan fingerprint density at radius 3 is 2.68 bits per heavy atom. The Morgan fingerprint density at radius 1 is 1.24 bits per heavy atom. The minimum Gasteiger partial charge on any atom is -0.377 e. The predicted molar refractivity (Wildman–Crippen MR) is 92.1 cm³/mol. The number of hydrogen-bond acceptors (Lipinski definition) is 4. The van der Waals surface area contributed by atoms with Gasteiger partial charge in [0.15, 0.2) is 5.78 Å². The van der Waals surface area contributed by atoms with Crippen LogP contribution in [0.3, 0.4) is 0 Å². The van der Waals surface area contributed by atoms with Gasteiger partial charge in [0, 0.05) is 38.0 Å². The third kappa shape index (κ3) is 3.90. The second-order valence-corrected chi connectivity index (χ2v) is 6.59. The molecule has 0 radical (unpaired) electrons. The summed E-state index contributed by atoms with van der Waals surface area (Å²) in [5.41, 5.74) is 0.647. The molecule has 2 saturated heterocycles. The minimum absolute atomic E-state index is 0.00610. The number of Topliss-reactive ketones (excluding diaryl/α,β-unsaturated/α-hetero) is 1. The van der Waals surface area contributed by atoms with Crippen LogP contribution in [-0.4, -0.2) is 66.3 Å². The van der Waals surface area contributed by atoms with E-state index in [4.69, 9.17) is 4.74 Å². The molecule has 6 nitrogen and oxygen atoms in total. The summed E-state index contributed by atoms with van der Waals surface area (Å²) < 4.78 is 5.50. The van der Waals surface area contributed by atoms with E-state index in [1.165, 1.54) is 0 Å². The van der Waals surface area contributed by atoms with Crippen LogP contribution in [0.1, 0.15) is 30.1 Å². The van der Waals surface area contributed by atoms with E-state index < -0.39 is 0 Å². The molecule has 1 aromatic carbocycles. The molecular formula is C19H24N2O4. The highest BCUT2D eigenvalue weighted by molar-refractivity contribution is 5.97. The van der Waals surface area contributed by atoms with E-state index in [2.05, 4.69) is 0 Å². The Hall–Kier alpha value is -2.21. The maximum Gasteiger partial charge on any atom is 0.228 e. The van der Waals surface area contributed by atoms with E-state index in [0.29, 0.717) is 38.4 Å². The second-order valence-electron chi connectivity index (χ2n) is 6.59. The Bertz CT molecular complexity index is 646. The number of benzene rings is 1. The molecule has 0 unspecified atom stereocenters. The smallest absolute Gasteiger partial charge is 0.228 e. The molecule has 3 rings (SSSR count). The number of ketones is 1. The highest BCUT2D eigenvalue weighted by atomic mass is 16.5. The van der Waals surface area contributed by atoms with E-state index in [-0.39, 0.29) is 42.4 Å². The van der Waals surface area contributed by atoms with Crippen molar-refractivity contribution in [2.75, 3.05) is 32.8 Å². The summed E-state index contributed by atoms with van der Waals surface area (Å²) in [6.07, 6.45) is 0.511. The number of carbonyl (C=O) groups is 3. The fourth-order valence-electron chi connectivity index (χ4n) is 3.55. The first-order valence-electron chi connectivity index (χ1n) is 8.84. The zero-order valence-corrected chi connectivity index (χ0v) is 14.5. The van der Waals surface area contributed by atoms with Crippen LogP contribution in [-0.2, 0) is 14.3 Å². The molecule has 134 valence electrons. The van der Waals surface area contributed by atoms with Gasteiger partial charge in [0.25, 0.3) is 0 Å². The van der Waals surface area contributed by atoms with Crippen LogP contribution >= 0.6 is 0 Å². The first-order chi connectivity index (χ1) is 12.1. The van der Waals surface area contributed by atoms with E-state index in [0.717, 1.165) is 0 Å². The van der Waals surface area contributed by atoms with Gasteiger partial charge in [-0.05, 0) is 6.92 Å². The van der Waals surface area contributed by atoms with Gasteiger partial charge < -0.3 is 14.5 Å². The highest BCUT2D eigenvalue weighted by Gasteiger charge is 2.39. The molecule has 2 heterocycles. The van der Waals surface area contributed by atoms with E-state index in [1.54, 1.807) is 21.9 Å². The lowest BCUT2D eigenvalue weighted by Gasteiger charge is -2.36. The molecule has 0 N–H and O–H groups in total. The van der Waals surface area contributed by atoms with Gasteiger partial charge in [0.1, 0.15) is 0 Å². The molecule has 0 aliphatic carbocycles. The van der Waals surface area contributed by atoms with Crippen LogP contribution in [0.4, 0.5) is 0 Å². The zero-order valence-electron chi connectivity index (χ0n) is 14.5. The second kappa shape index (κ2) is 7.78. The van der Waals surface area contributed by atoms with Gasteiger partial charge in [-0.25, -0.2) is 0 Å². The standard InChI is InChI=1S/C19H24N2O4/c1-2-20-12-15(10-18(20)23)19(24)21-8-9-25-13-16(21)11-17(22)14-6-4-3-5-7-14/h3-7,15-16H,2,8-13H2,1H3/t15-,16+/m0/s1. The normalized spacial score (nSPS) is 23.8. The lowest BCUT2D eigenvalue weighted by Crippen LogP contribution is -2.51. The molecule has 2 atom stereocenters.